The van der Waals surface area contributed by atoms with Gasteiger partial charge in [0.15, 0.2) is 0 Å². The van der Waals surface area contributed by atoms with Crippen LogP contribution in [0.1, 0.15) is 23.9 Å². The topological polar surface area (TPSA) is 56.5 Å². The minimum Gasteiger partial charge on any atom is -0.481 e. The van der Waals surface area contributed by atoms with Crippen molar-refractivity contribution in [2.45, 2.75) is 26.7 Å². The van der Waals surface area contributed by atoms with Gasteiger partial charge in [-0.3, -0.25) is 4.40 Å². The van der Waals surface area contributed by atoms with Crippen molar-refractivity contribution in [3.05, 3.63) is 27.6 Å². The molecule has 0 atom stereocenters. The molecule has 0 saturated heterocycles. The second-order valence-electron chi connectivity index (χ2n) is 4.05. The van der Waals surface area contributed by atoms with Crippen LogP contribution in [0.4, 0.5) is 0 Å². The van der Waals surface area contributed by atoms with E-state index in [0.29, 0.717) is 18.1 Å². The fourth-order valence-corrected chi connectivity index (χ4v) is 2.77. The van der Waals surface area contributed by atoms with E-state index in [1.54, 1.807) is 13.1 Å². The number of nitrogens with zero attached hydrogens (tertiary/aromatic N) is 3. The summed E-state index contributed by atoms with van der Waals surface area (Å²) < 4.78 is 8.05. The quantitative estimate of drug-likeness (QED) is 0.810. The van der Waals surface area contributed by atoms with E-state index < -0.39 is 0 Å². The molecule has 0 bridgehead atoms. The SMILES string of the molecule is CCc1c(OC)nc2nc(CC=C=O)c(Br)n2c1C. The van der Waals surface area contributed by atoms with Crippen molar-refractivity contribution >= 4 is 27.6 Å². The lowest BCUT2D eigenvalue weighted by atomic mass is 10.2. The van der Waals surface area contributed by atoms with Crippen LogP contribution in [0.2, 0.25) is 0 Å². The third-order valence-corrected chi connectivity index (χ3v) is 3.84. The van der Waals surface area contributed by atoms with Crippen LogP contribution in [0.5, 0.6) is 5.88 Å². The number of allylic oxidation sites excluding steroid dienone is 1. The maximum Gasteiger partial charge on any atom is 0.238 e. The molecule has 0 aliphatic carbocycles. The number of ether oxygens (including phenoxy) is 1. The zero-order valence-corrected chi connectivity index (χ0v) is 12.6. The van der Waals surface area contributed by atoms with Gasteiger partial charge in [0, 0.05) is 23.8 Å². The van der Waals surface area contributed by atoms with Crippen molar-refractivity contribution in [3.63, 3.8) is 0 Å². The standard InChI is InChI=1S/C13H14BrN3O2/c1-4-9-8(2)17-11(14)10(6-5-7-18)15-13(17)16-12(9)19-3/h5H,4,6H2,1-3H3. The molecule has 0 aromatic carbocycles. The molecule has 6 heteroatoms. The van der Waals surface area contributed by atoms with Gasteiger partial charge in [0.25, 0.3) is 0 Å². The van der Waals surface area contributed by atoms with Crippen molar-refractivity contribution in [2.24, 2.45) is 0 Å². The Morgan fingerprint density at radius 2 is 2.21 bits per heavy atom. The molecule has 2 rings (SSSR count). The van der Waals surface area contributed by atoms with Crippen molar-refractivity contribution < 1.29 is 9.53 Å². The predicted molar refractivity (Wildman–Crippen MR) is 75.3 cm³/mol. The molecule has 0 radical (unpaired) electrons. The van der Waals surface area contributed by atoms with E-state index in [0.717, 1.165) is 28.0 Å². The number of methoxy groups -OCH3 is 1. The number of carbonyl (C=O) groups excluding carboxylic acids is 1. The van der Waals surface area contributed by atoms with E-state index >= 15 is 0 Å². The highest BCUT2D eigenvalue weighted by atomic mass is 79.9. The monoisotopic (exact) mass is 323 g/mol. The van der Waals surface area contributed by atoms with Crippen molar-refractivity contribution in [3.8, 4) is 5.88 Å². The number of aryl methyl sites for hydroxylation is 1. The summed E-state index contributed by atoms with van der Waals surface area (Å²) in [5, 5.41) is 0. The largest absolute Gasteiger partial charge is 0.481 e. The molecule has 0 saturated carbocycles. The number of halogens is 1. The van der Waals surface area contributed by atoms with Gasteiger partial charge in [0.2, 0.25) is 11.7 Å². The lowest BCUT2D eigenvalue weighted by molar-refractivity contribution is 0.392. The molecule has 2 aromatic heterocycles. The summed E-state index contributed by atoms with van der Waals surface area (Å²) in [5.74, 6) is 2.92. The van der Waals surface area contributed by atoms with Crippen molar-refractivity contribution in [1.29, 1.82) is 0 Å². The summed E-state index contributed by atoms with van der Waals surface area (Å²) in [4.78, 5) is 19.1. The zero-order chi connectivity index (χ0) is 14.0. The third kappa shape index (κ3) is 2.29. The first-order valence-corrected chi connectivity index (χ1v) is 6.72. The van der Waals surface area contributed by atoms with Crippen LogP contribution in [-0.4, -0.2) is 27.4 Å². The Balaban J connectivity index is 2.73. The molecule has 0 N–H and O–H groups in total. The molecule has 0 aliphatic heterocycles. The molecule has 0 amide bonds. The molecule has 5 nitrogen and oxygen atoms in total. The van der Waals surface area contributed by atoms with Gasteiger partial charge in [-0.25, -0.2) is 9.78 Å². The van der Waals surface area contributed by atoms with E-state index in [9.17, 15) is 4.79 Å². The van der Waals surface area contributed by atoms with Gasteiger partial charge in [0.05, 0.1) is 12.8 Å². The number of imidazole rings is 1. The molecule has 19 heavy (non-hydrogen) atoms. The summed E-state index contributed by atoms with van der Waals surface area (Å²) in [6.45, 7) is 4.06. The summed E-state index contributed by atoms with van der Waals surface area (Å²) in [6, 6.07) is 0. The highest BCUT2D eigenvalue weighted by molar-refractivity contribution is 9.10. The van der Waals surface area contributed by atoms with Crippen LogP contribution in [0, 0.1) is 6.92 Å². The minimum atomic E-state index is 0.427. The van der Waals surface area contributed by atoms with E-state index in [2.05, 4.69) is 32.8 Å². The Morgan fingerprint density at radius 1 is 1.47 bits per heavy atom. The normalized spacial score (nSPS) is 10.5. The second kappa shape index (κ2) is 5.55. The van der Waals surface area contributed by atoms with E-state index in [4.69, 9.17) is 4.74 Å². The van der Waals surface area contributed by atoms with Gasteiger partial charge in [-0.15, -0.1) is 0 Å². The van der Waals surface area contributed by atoms with Gasteiger partial charge in [-0.05, 0) is 29.3 Å². The van der Waals surface area contributed by atoms with E-state index in [1.165, 1.54) is 6.08 Å². The first kappa shape index (κ1) is 13.8. The van der Waals surface area contributed by atoms with E-state index in [1.807, 2.05) is 11.3 Å². The average Bonchev–Trinajstić information content (AvgIpc) is 2.72. The fourth-order valence-electron chi connectivity index (χ4n) is 2.10. The number of aromatic nitrogens is 3. The van der Waals surface area contributed by atoms with Gasteiger partial charge >= 0.3 is 0 Å². The Bertz CT molecular complexity index is 672. The molecular formula is C13H14BrN3O2. The summed E-state index contributed by atoms with van der Waals surface area (Å²) in [5.41, 5.74) is 2.84. The number of hydrogen-bond acceptors (Lipinski definition) is 4. The lowest BCUT2D eigenvalue weighted by Gasteiger charge is -2.11. The Kier molecular flexibility index (Phi) is 4.02. The highest BCUT2D eigenvalue weighted by Crippen LogP contribution is 2.27. The van der Waals surface area contributed by atoms with E-state index in [-0.39, 0.29) is 0 Å². The van der Waals surface area contributed by atoms with Crippen LogP contribution in [0.3, 0.4) is 0 Å². The zero-order valence-electron chi connectivity index (χ0n) is 11.0. The molecule has 0 spiro atoms. The Labute approximate surface area is 119 Å². The predicted octanol–water partition coefficient (Wildman–Crippen LogP) is 2.30. The van der Waals surface area contributed by atoms with Gasteiger partial charge in [-0.1, -0.05) is 6.92 Å². The number of rotatable bonds is 4. The minimum absolute atomic E-state index is 0.427. The van der Waals surface area contributed by atoms with Gasteiger partial charge in [0.1, 0.15) is 10.5 Å². The van der Waals surface area contributed by atoms with Gasteiger partial charge < -0.3 is 4.74 Å². The molecule has 2 aromatic rings. The summed E-state index contributed by atoms with van der Waals surface area (Å²) >= 11 is 3.51. The van der Waals surface area contributed by atoms with Crippen LogP contribution in [0.25, 0.3) is 5.78 Å². The van der Waals surface area contributed by atoms with Crippen LogP contribution >= 0.6 is 15.9 Å². The Hall–Kier alpha value is -1.65. The maximum absolute atomic E-state index is 10.3. The lowest BCUT2D eigenvalue weighted by Crippen LogP contribution is -2.04. The number of hydrogen-bond donors (Lipinski definition) is 0. The van der Waals surface area contributed by atoms with Crippen LogP contribution < -0.4 is 4.74 Å². The second-order valence-corrected chi connectivity index (χ2v) is 4.80. The molecule has 0 fully saturated rings. The van der Waals surface area contributed by atoms with Crippen LogP contribution in [0.15, 0.2) is 10.7 Å². The number of fused-ring (bicyclic) bond motifs is 1. The highest BCUT2D eigenvalue weighted by Gasteiger charge is 2.17. The molecule has 0 aliphatic rings. The van der Waals surface area contributed by atoms with Crippen molar-refractivity contribution in [1.82, 2.24) is 14.4 Å². The first-order chi connectivity index (χ1) is 9.13. The molecular weight excluding hydrogens is 310 g/mol. The first-order valence-electron chi connectivity index (χ1n) is 5.93. The fraction of sp³-hybridized carbons (Fsp3) is 0.385. The third-order valence-electron chi connectivity index (χ3n) is 3.03. The summed E-state index contributed by atoms with van der Waals surface area (Å²) in [7, 11) is 1.60. The maximum atomic E-state index is 10.3. The van der Waals surface area contributed by atoms with Crippen LogP contribution in [-0.2, 0) is 17.6 Å². The Morgan fingerprint density at radius 3 is 2.79 bits per heavy atom. The smallest absolute Gasteiger partial charge is 0.238 e. The molecule has 100 valence electrons. The summed E-state index contributed by atoms with van der Waals surface area (Å²) in [6.07, 6.45) is 2.66. The molecule has 2 heterocycles. The van der Waals surface area contributed by atoms with Crippen molar-refractivity contribution in [2.75, 3.05) is 7.11 Å². The average molecular weight is 324 g/mol. The van der Waals surface area contributed by atoms with Gasteiger partial charge in [-0.2, -0.15) is 4.98 Å². The molecule has 0 unspecified atom stereocenters.